The van der Waals surface area contributed by atoms with Crippen LogP contribution in [-0.4, -0.2) is 27.8 Å². The third-order valence-electron chi connectivity index (χ3n) is 6.66. The topological polar surface area (TPSA) is 15.7 Å². The van der Waals surface area contributed by atoms with E-state index < -0.39 is 0 Å². The van der Waals surface area contributed by atoms with Gasteiger partial charge in [-0.2, -0.15) is 0 Å². The standard InChI is InChI=1S/C28H28ClIN2OS2/c1-2-33-28-18-26(21-12-7-4-8-13-21)32(35-30)27-17-25(20-10-5-3-6-11-20)31(19-24(27)28)34-23-15-9-14-22(29)16-23/h3-16,25-27H,2,17-19H2,1H3/t25-,26-,27?/m0/s1. The first-order chi connectivity index (χ1) is 17.2. The largest absolute Gasteiger partial charge is 0.498 e. The lowest BCUT2D eigenvalue weighted by atomic mass is 9.84. The summed E-state index contributed by atoms with van der Waals surface area (Å²) in [5.41, 5.74) is 4.10. The minimum Gasteiger partial charge on any atom is -0.498 e. The van der Waals surface area contributed by atoms with Crippen LogP contribution < -0.4 is 0 Å². The van der Waals surface area contributed by atoms with E-state index in [1.165, 1.54) is 16.7 Å². The molecule has 5 rings (SSSR count). The maximum absolute atomic E-state index is 6.34. The Morgan fingerprint density at radius 1 is 0.914 bits per heavy atom. The Hall–Kier alpha value is -1.16. The van der Waals surface area contributed by atoms with Crippen LogP contribution in [0.5, 0.6) is 0 Å². The summed E-state index contributed by atoms with van der Waals surface area (Å²) >= 11 is 10.6. The van der Waals surface area contributed by atoms with Crippen molar-refractivity contribution in [1.29, 1.82) is 0 Å². The fourth-order valence-electron chi connectivity index (χ4n) is 5.09. The molecule has 7 heteroatoms. The Balaban J connectivity index is 1.55. The monoisotopic (exact) mass is 634 g/mol. The lowest BCUT2D eigenvalue weighted by Crippen LogP contribution is -2.47. The van der Waals surface area contributed by atoms with Crippen LogP contribution >= 0.6 is 53.9 Å². The highest BCUT2D eigenvalue weighted by atomic mass is 127. The Kier molecular flexibility index (Phi) is 8.68. The molecule has 35 heavy (non-hydrogen) atoms. The molecule has 3 aromatic rings. The zero-order valence-electron chi connectivity index (χ0n) is 19.5. The molecular weight excluding hydrogens is 607 g/mol. The van der Waals surface area contributed by atoms with Gasteiger partial charge in [0.15, 0.2) is 0 Å². The van der Waals surface area contributed by atoms with Crippen LogP contribution in [0.1, 0.15) is 43.0 Å². The zero-order valence-corrected chi connectivity index (χ0v) is 24.1. The lowest BCUT2D eigenvalue weighted by molar-refractivity contribution is 0.128. The zero-order chi connectivity index (χ0) is 24.2. The van der Waals surface area contributed by atoms with Crippen molar-refractivity contribution in [3.63, 3.8) is 0 Å². The van der Waals surface area contributed by atoms with Crippen molar-refractivity contribution < 1.29 is 4.74 Å². The molecule has 0 amide bonds. The van der Waals surface area contributed by atoms with E-state index in [0.29, 0.717) is 12.6 Å². The molecule has 2 aliphatic rings. The van der Waals surface area contributed by atoms with Gasteiger partial charge in [-0.3, -0.25) is 0 Å². The van der Waals surface area contributed by atoms with Crippen LogP contribution in [-0.2, 0) is 4.74 Å². The van der Waals surface area contributed by atoms with Gasteiger partial charge in [0.25, 0.3) is 0 Å². The minimum absolute atomic E-state index is 0.275. The molecule has 2 heterocycles. The van der Waals surface area contributed by atoms with Gasteiger partial charge < -0.3 is 4.74 Å². The van der Waals surface area contributed by atoms with Crippen molar-refractivity contribution >= 4 is 53.9 Å². The normalized spacial score (nSPS) is 23.2. The minimum atomic E-state index is 0.275. The first-order valence-corrected chi connectivity index (χ1v) is 16.4. The van der Waals surface area contributed by atoms with E-state index in [0.717, 1.165) is 35.1 Å². The molecule has 0 aliphatic carbocycles. The summed E-state index contributed by atoms with van der Waals surface area (Å²) < 4.78 is 11.5. The quantitative estimate of drug-likeness (QED) is 0.190. The van der Waals surface area contributed by atoms with Crippen LogP contribution in [0.25, 0.3) is 0 Å². The number of hydrogen-bond donors (Lipinski definition) is 0. The van der Waals surface area contributed by atoms with Crippen LogP contribution in [0.2, 0.25) is 5.02 Å². The number of benzene rings is 3. The number of hydrogen-bond acceptors (Lipinski definition) is 5. The highest BCUT2D eigenvalue weighted by Crippen LogP contribution is 2.51. The number of ether oxygens (including phenoxy) is 1. The molecule has 0 N–H and O–H groups in total. The molecule has 0 saturated carbocycles. The summed E-state index contributed by atoms with van der Waals surface area (Å²) in [5, 5.41) is 0.770. The van der Waals surface area contributed by atoms with E-state index >= 15 is 0 Å². The van der Waals surface area contributed by atoms with E-state index in [4.69, 9.17) is 16.3 Å². The van der Waals surface area contributed by atoms with Gasteiger partial charge >= 0.3 is 0 Å². The smallest absolute Gasteiger partial charge is 0.1000 e. The third kappa shape index (κ3) is 5.73. The summed E-state index contributed by atoms with van der Waals surface area (Å²) in [6.07, 6.45) is 1.90. The summed E-state index contributed by atoms with van der Waals surface area (Å²) in [6, 6.07) is 30.8. The first kappa shape index (κ1) is 25.5. The molecule has 3 aromatic carbocycles. The Labute approximate surface area is 234 Å². The average Bonchev–Trinajstić information content (AvgIpc) is 2.89. The molecule has 3 atom stereocenters. The second-order valence-electron chi connectivity index (χ2n) is 8.74. The molecular formula is C28H28ClIN2OS2. The van der Waals surface area contributed by atoms with Crippen molar-refractivity contribution in [1.82, 2.24) is 8.61 Å². The van der Waals surface area contributed by atoms with Gasteiger partial charge in [0, 0.05) is 61.7 Å². The summed E-state index contributed by atoms with van der Waals surface area (Å²) in [4.78, 5) is 1.16. The van der Waals surface area contributed by atoms with Gasteiger partial charge in [0.1, 0.15) is 0 Å². The average molecular weight is 635 g/mol. The number of rotatable bonds is 7. The second-order valence-corrected chi connectivity index (χ2v) is 12.0. The Morgan fingerprint density at radius 3 is 2.23 bits per heavy atom. The van der Waals surface area contributed by atoms with Crippen molar-refractivity contribution in [3.8, 4) is 0 Å². The van der Waals surface area contributed by atoms with Gasteiger partial charge in [-0.05, 0) is 63.7 Å². The fraction of sp³-hybridized carbons (Fsp3) is 0.286. The van der Waals surface area contributed by atoms with Crippen LogP contribution in [0.3, 0.4) is 0 Å². The SMILES string of the molecule is CCOC1=C2CN(Sc3cccc(Cl)c3)[C@H](c3ccccc3)CC2N(SI)[C@H](c2ccccc2)C1. The van der Waals surface area contributed by atoms with E-state index in [-0.39, 0.29) is 12.1 Å². The molecule has 0 radical (unpaired) electrons. The van der Waals surface area contributed by atoms with Crippen LogP contribution in [0.4, 0.5) is 0 Å². The highest BCUT2D eigenvalue weighted by molar-refractivity contribution is 14.2. The van der Waals surface area contributed by atoms with Crippen molar-refractivity contribution in [3.05, 3.63) is 112 Å². The van der Waals surface area contributed by atoms with E-state index in [2.05, 4.69) is 110 Å². The maximum Gasteiger partial charge on any atom is 0.1000 e. The Morgan fingerprint density at radius 2 is 1.60 bits per heavy atom. The summed E-state index contributed by atoms with van der Waals surface area (Å²) in [7, 11) is 1.83. The lowest BCUT2D eigenvalue weighted by Gasteiger charge is -2.49. The number of fused-ring (bicyclic) bond motifs is 1. The number of piperidine rings is 1. The first-order valence-electron chi connectivity index (χ1n) is 11.9. The Bertz CT molecular complexity index is 1160. The van der Waals surface area contributed by atoms with Gasteiger partial charge in [0.05, 0.1) is 18.4 Å². The van der Waals surface area contributed by atoms with Crippen molar-refractivity contribution in [2.24, 2.45) is 0 Å². The number of halogens is 2. The van der Waals surface area contributed by atoms with Gasteiger partial charge in [-0.25, -0.2) is 8.61 Å². The van der Waals surface area contributed by atoms with Gasteiger partial charge in [-0.1, -0.05) is 78.3 Å². The molecule has 1 unspecified atom stereocenters. The summed E-state index contributed by atoms with van der Waals surface area (Å²) in [6.45, 7) is 3.63. The molecule has 0 bridgehead atoms. The van der Waals surface area contributed by atoms with Gasteiger partial charge in [0.2, 0.25) is 0 Å². The van der Waals surface area contributed by atoms with Crippen LogP contribution in [0, 0.1) is 0 Å². The molecule has 0 spiro atoms. The maximum atomic E-state index is 6.34. The predicted octanol–water partition coefficient (Wildman–Crippen LogP) is 8.90. The molecule has 0 aromatic heterocycles. The molecule has 1 fully saturated rings. The molecule has 3 nitrogen and oxygen atoms in total. The molecule has 182 valence electrons. The van der Waals surface area contributed by atoms with Gasteiger partial charge in [-0.15, -0.1) is 0 Å². The van der Waals surface area contributed by atoms with E-state index in [1.54, 1.807) is 11.9 Å². The molecule has 1 saturated heterocycles. The van der Waals surface area contributed by atoms with Crippen LogP contribution in [0.15, 0.2) is 101 Å². The van der Waals surface area contributed by atoms with Crippen molar-refractivity contribution in [2.45, 2.75) is 42.8 Å². The fourth-order valence-corrected chi connectivity index (χ4v) is 8.73. The third-order valence-corrected chi connectivity index (χ3v) is 10.0. The predicted molar refractivity (Wildman–Crippen MR) is 158 cm³/mol. The summed E-state index contributed by atoms with van der Waals surface area (Å²) in [5.74, 6) is 1.16. The number of nitrogens with zero attached hydrogens (tertiary/aromatic N) is 2. The molecule has 2 aliphatic heterocycles. The van der Waals surface area contributed by atoms with Crippen molar-refractivity contribution in [2.75, 3.05) is 13.2 Å². The second kappa shape index (κ2) is 11.9. The van der Waals surface area contributed by atoms with E-state index in [9.17, 15) is 0 Å². The van der Waals surface area contributed by atoms with E-state index in [1.807, 2.05) is 21.3 Å². The highest BCUT2D eigenvalue weighted by Gasteiger charge is 2.44.